The van der Waals surface area contributed by atoms with Gasteiger partial charge in [0.1, 0.15) is 17.7 Å². The van der Waals surface area contributed by atoms with Crippen LogP contribution >= 0.6 is 7.92 Å². The summed E-state index contributed by atoms with van der Waals surface area (Å²) < 4.78 is 6.30. The van der Waals surface area contributed by atoms with Crippen molar-refractivity contribution in [2.24, 2.45) is 11.8 Å². The van der Waals surface area contributed by atoms with Crippen LogP contribution < -0.4 is 15.9 Å². The first kappa shape index (κ1) is 29.1. The molecule has 4 nitrogen and oxygen atoms in total. The highest BCUT2D eigenvalue weighted by atomic mass is 31.1. The first-order valence-corrected chi connectivity index (χ1v) is 15.0. The molecule has 0 aliphatic carbocycles. The van der Waals surface area contributed by atoms with Crippen LogP contribution in [0.1, 0.15) is 55.6 Å². The van der Waals surface area contributed by atoms with Crippen molar-refractivity contribution in [3.63, 3.8) is 0 Å². The van der Waals surface area contributed by atoms with Gasteiger partial charge in [0.15, 0.2) is 0 Å². The van der Waals surface area contributed by atoms with Crippen LogP contribution in [0.2, 0.25) is 0 Å². The Morgan fingerprint density at radius 1 is 0.650 bits per heavy atom. The molecule has 204 valence electrons. The standard InChI is InChI=1S/C35H35O4P/c1-25(23-24-31(26(2)36)27(3)37)34(28-15-7-4-8-16-28)39-35(38)32-21-13-14-22-33(32)40(29-17-9-5-10-18-29)30-19-11-6-12-20-30/h4-22,25,31,34H,23-24H2,1-3H3/t25-,34+/m0/s1. The monoisotopic (exact) mass is 550 g/mol. The van der Waals surface area contributed by atoms with E-state index in [1.807, 2.05) is 97.9 Å². The van der Waals surface area contributed by atoms with Gasteiger partial charge in [0.25, 0.3) is 0 Å². The number of ether oxygens (including phenoxy) is 1. The summed E-state index contributed by atoms with van der Waals surface area (Å²) in [5.74, 6) is -1.38. The summed E-state index contributed by atoms with van der Waals surface area (Å²) >= 11 is 0. The molecular formula is C35H35O4P. The molecule has 0 N–H and O–H groups in total. The summed E-state index contributed by atoms with van der Waals surface area (Å²) in [7, 11) is -1.000. The average molecular weight is 551 g/mol. The van der Waals surface area contributed by atoms with Gasteiger partial charge in [-0.05, 0) is 68.1 Å². The number of rotatable bonds is 12. The zero-order valence-electron chi connectivity index (χ0n) is 23.2. The lowest BCUT2D eigenvalue weighted by atomic mass is 9.87. The van der Waals surface area contributed by atoms with E-state index >= 15 is 0 Å². The smallest absolute Gasteiger partial charge is 0.339 e. The minimum absolute atomic E-state index is 0.107. The maximum absolute atomic E-state index is 14.0. The van der Waals surface area contributed by atoms with E-state index in [4.69, 9.17) is 4.74 Å². The van der Waals surface area contributed by atoms with Crippen molar-refractivity contribution < 1.29 is 19.1 Å². The molecule has 0 aliphatic rings. The highest BCUT2D eigenvalue weighted by Crippen LogP contribution is 2.36. The molecule has 4 aromatic carbocycles. The summed E-state index contributed by atoms with van der Waals surface area (Å²) in [6.07, 6.45) is 0.469. The minimum atomic E-state index is -1.000. The van der Waals surface area contributed by atoms with E-state index in [0.29, 0.717) is 18.4 Å². The van der Waals surface area contributed by atoms with E-state index in [1.165, 1.54) is 13.8 Å². The van der Waals surface area contributed by atoms with E-state index in [2.05, 4.69) is 24.3 Å². The fourth-order valence-electron chi connectivity index (χ4n) is 5.03. The minimum Gasteiger partial charge on any atom is -0.454 e. The Kier molecular flexibility index (Phi) is 10.2. The number of carbonyl (C=O) groups is 3. The molecule has 40 heavy (non-hydrogen) atoms. The van der Waals surface area contributed by atoms with Crippen LogP contribution in [0.4, 0.5) is 0 Å². The molecule has 0 saturated heterocycles. The maximum atomic E-state index is 14.0. The Hall–Kier alpha value is -3.88. The van der Waals surface area contributed by atoms with Crippen LogP contribution in [0.25, 0.3) is 0 Å². The number of ketones is 2. The van der Waals surface area contributed by atoms with Crippen LogP contribution in [0.15, 0.2) is 115 Å². The molecule has 4 aromatic rings. The number of hydrogen-bond acceptors (Lipinski definition) is 4. The lowest BCUT2D eigenvalue weighted by Crippen LogP contribution is -2.27. The Bertz CT molecular complexity index is 1370. The second-order valence-corrected chi connectivity index (χ2v) is 12.3. The number of Topliss-reactive ketones (excluding diaryl/α,β-unsaturated/α-hetero) is 2. The maximum Gasteiger partial charge on any atom is 0.339 e. The molecule has 0 aliphatic heterocycles. The highest BCUT2D eigenvalue weighted by Gasteiger charge is 2.29. The van der Waals surface area contributed by atoms with Gasteiger partial charge in [-0.2, -0.15) is 0 Å². The Morgan fingerprint density at radius 3 is 1.65 bits per heavy atom. The molecule has 0 radical (unpaired) electrons. The summed E-state index contributed by atoms with van der Waals surface area (Å²) in [5, 5.41) is 3.24. The zero-order chi connectivity index (χ0) is 28.5. The third-order valence-electron chi connectivity index (χ3n) is 7.16. The van der Waals surface area contributed by atoms with Gasteiger partial charge >= 0.3 is 5.97 Å². The topological polar surface area (TPSA) is 60.4 Å². The molecule has 0 unspecified atom stereocenters. The number of hydrogen-bond donors (Lipinski definition) is 0. The van der Waals surface area contributed by atoms with Gasteiger partial charge in [0, 0.05) is 0 Å². The van der Waals surface area contributed by atoms with Gasteiger partial charge in [-0.15, -0.1) is 0 Å². The normalized spacial score (nSPS) is 12.6. The Morgan fingerprint density at radius 2 is 1.12 bits per heavy atom. The van der Waals surface area contributed by atoms with Crippen molar-refractivity contribution in [3.05, 3.63) is 126 Å². The number of carbonyl (C=O) groups excluding carboxylic acids is 3. The largest absolute Gasteiger partial charge is 0.454 e. The molecule has 5 heteroatoms. The average Bonchev–Trinajstić information content (AvgIpc) is 2.97. The van der Waals surface area contributed by atoms with Crippen molar-refractivity contribution in [2.45, 2.75) is 39.7 Å². The van der Waals surface area contributed by atoms with Crippen molar-refractivity contribution in [1.29, 1.82) is 0 Å². The van der Waals surface area contributed by atoms with Crippen molar-refractivity contribution >= 4 is 41.4 Å². The van der Waals surface area contributed by atoms with Gasteiger partial charge in [-0.25, -0.2) is 4.79 Å². The Labute approximate surface area is 238 Å². The van der Waals surface area contributed by atoms with Crippen LogP contribution in [0.5, 0.6) is 0 Å². The van der Waals surface area contributed by atoms with E-state index in [1.54, 1.807) is 0 Å². The third kappa shape index (κ3) is 7.20. The number of esters is 1. The van der Waals surface area contributed by atoms with E-state index in [-0.39, 0.29) is 23.5 Å². The number of benzene rings is 4. The van der Waals surface area contributed by atoms with Gasteiger partial charge in [0.05, 0.1) is 11.5 Å². The van der Waals surface area contributed by atoms with Crippen LogP contribution in [-0.4, -0.2) is 17.5 Å². The zero-order valence-corrected chi connectivity index (χ0v) is 24.1. The van der Waals surface area contributed by atoms with Crippen LogP contribution in [0.3, 0.4) is 0 Å². The van der Waals surface area contributed by atoms with Crippen LogP contribution in [-0.2, 0) is 14.3 Å². The van der Waals surface area contributed by atoms with Gasteiger partial charge in [-0.1, -0.05) is 116 Å². The van der Waals surface area contributed by atoms with Gasteiger partial charge in [-0.3, -0.25) is 9.59 Å². The predicted octanol–water partition coefficient (Wildman–Crippen LogP) is 6.55. The highest BCUT2D eigenvalue weighted by molar-refractivity contribution is 7.80. The van der Waals surface area contributed by atoms with Crippen LogP contribution in [0, 0.1) is 11.8 Å². The molecule has 0 saturated carbocycles. The molecule has 2 atom stereocenters. The van der Waals surface area contributed by atoms with Crippen molar-refractivity contribution in [1.82, 2.24) is 0 Å². The molecule has 0 fully saturated rings. The first-order valence-electron chi connectivity index (χ1n) is 13.6. The predicted molar refractivity (Wildman–Crippen MR) is 163 cm³/mol. The summed E-state index contributed by atoms with van der Waals surface area (Å²) in [6.45, 7) is 4.93. The second-order valence-electron chi connectivity index (χ2n) is 10.1. The molecule has 4 rings (SSSR count). The molecule has 0 amide bonds. The second kappa shape index (κ2) is 14.0. The first-order chi connectivity index (χ1) is 19.4. The molecule has 0 heterocycles. The lowest BCUT2D eigenvalue weighted by Gasteiger charge is -2.27. The fourth-order valence-corrected chi connectivity index (χ4v) is 7.47. The van der Waals surface area contributed by atoms with Crippen molar-refractivity contribution in [3.8, 4) is 0 Å². The summed E-state index contributed by atoms with van der Waals surface area (Å²) in [5.41, 5.74) is 1.43. The molecular weight excluding hydrogens is 515 g/mol. The summed E-state index contributed by atoms with van der Waals surface area (Å²) in [6, 6.07) is 37.9. The molecule has 0 bridgehead atoms. The quantitative estimate of drug-likeness (QED) is 0.114. The van der Waals surface area contributed by atoms with E-state index in [9.17, 15) is 14.4 Å². The molecule has 0 spiro atoms. The Balaban J connectivity index is 1.67. The lowest BCUT2D eigenvalue weighted by molar-refractivity contribution is -0.130. The van der Waals surface area contributed by atoms with Crippen molar-refractivity contribution in [2.75, 3.05) is 0 Å². The fraction of sp³-hybridized carbons (Fsp3) is 0.229. The van der Waals surface area contributed by atoms with E-state index < -0.39 is 19.9 Å². The molecule has 0 aromatic heterocycles. The van der Waals surface area contributed by atoms with Gasteiger partial charge < -0.3 is 4.74 Å². The third-order valence-corrected chi connectivity index (χ3v) is 9.67. The van der Waals surface area contributed by atoms with E-state index in [0.717, 1.165) is 21.5 Å². The SMILES string of the molecule is CC(=O)C(CC[C@H](C)[C@@H](OC(=O)c1ccccc1P(c1ccccc1)c1ccccc1)c1ccccc1)C(C)=O. The summed E-state index contributed by atoms with van der Waals surface area (Å²) in [4.78, 5) is 38.0. The van der Waals surface area contributed by atoms with Gasteiger partial charge in [0.2, 0.25) is 0 Å².